The third kappa shape index (κ3) is 4.87. The number of pyridine rings is 1. The summed E-state index contributed by atoms with van der Waals surface area (Å²) in [4.78, 5) is 15.9. The smallest absolute Gasteiger partial charge is 0.260 e. The molecule has 1 aromatic rings. The minimum atomic E-state index is -0.605. The van der Waals surface area contributed by atoms with Gasteiger partial charge < -0.3 is 15.2 Å². The summed E-state index contributed by atoms with van der Waals surface area (Å²) in [6.45, 7) is 6.03. The van der Waals surface area contributed by atoms with Crippen LogP contribution in [-0.2, 0) is 11.4 Å². The number of aliphatic hydroxyl groups excluding tert-OH is 1. The molecule has 0 aliphatic heterocycles. The van der Waals surface area contributed by atoms with E-state index in [2.05, 4.69) is 17.2 Å². The molecule has 0 saturated carbocycles. The molecule has 0 radical (unpaired) electrons. The van der Waals surface area contributed by atoms with E-state index in [4.69, 9.17) is 4.74 Å². The van der Waals surface area contributed by atoms with E-state index in [9.17, 15) is 9.90 Å². The quantitative estimate of drug-likeness (QED) is 0.735. The molecule has 5 nitrogen and oxygen atoms in total. The van der Waals surface area contributed by atoms with Crippen LogP contribution < -0.4 is 10.1 Å². The molecule has 0 aliphatic rings. The van der Waals surface area contributed by atoms with Gasteiger partial charge in [-0.1, -0.05) is 13.3 Å². The fourth-order valence-corrected chi connectivity index (χ4v) is 1.59. The Morgan fingerprint density at radius 3 is 2.89 bits per heavy atom. The number of amides is 1. The fourth-order valence-electron chi connectivity index (χ4n) is 1.59. The minimum Gasteiger partial charge on any atom is -0.479 e. The number of carbonyl (C=O) groups excluding carboxylic acids is 1. The third-order valence-corrected chi connectivity index (χ3v) is 2.72. The molecule has 1 rings (SSSR count). The normalized spacial score (nSPS) is 12.0. The van der Waals surface area contributed by atoms with E-state index >= 15 is 0 Å². The second-order valence-corrected chi connectivity index (χ2v) is 4.46. The third-order valence-electron chi connectivity index (χ3n) is 2.72. The van der Waals surface area contributed by atoms with Crippen LogP contribution in [0.25, 0.3) is 0 Å². The first-order valence-corrected chi connectivity index (χ1v) is 6.60. The van der Waals surface area contributed by atoms with Crippen molar-refractivity contribution in [2.75, 3.05) is 6.54 Å². The molecule has 0 bridgehead atoms. The molecule has 5 heteroatoms. The number of hydrogen-bond donors (Lipinski definition) is 2. The van der Waals surface area contributed by atoms with Gasteiger partial charge in [0.15, 0.2) is 6.10 Å². The molecular formula is C14H22N2O3. The first-order chi connectivity index (χ1) is 9.08. The Morgan fingerprint density at radius 2 is 2.26 bits per heavy atom. The summed E-state index contributed by atoms with van der Waals surface area (Å²) in [7, 11) is 0. The number of aryl methyl sites for hydroxylation is 1. The van der Waals surface area contributed by atoms with Crippen LogP contribution in [0.4, 0.5) is 0 Å². The van der Waals surface area contributed by atoms with E-state index in [1.165, 1.54) is 0 Å². The lowest BCUT2D eigenvalue weighted by atomic mass is 10.2. The number of aromatic nitrogens is 1. The monoisotopic (exact) mass is 266 g/mol. The van der Waals surface area contributed by atoms with E-state index in [0.717, 1.165) is 18.5 Å². The summed E-state index contributed by atoms with van der Waals surface area (Å²) < 4.78 is 5.55. The maximum absolute atomic E-state index is 11.8. The Hall–Kier alpha value is -1.62. The molecule has 1 heterocycles. The molecule has 0 aromatic carbocycles. The number of nitrogens with one attached hydrogen (secondary N) is 1. The van der Waals surface area contributed by atoms with Gasteiger partial charge in [-0.2, -0.15) is 0 Å². The van der Waals surface area contributed by atoms with Crippen molar-refractivity contribution >= 4 is 5.91 Å². The van der Waals surface area contributed by atoms with E-state index in [0.29, 0.717) is 18.0 Å². The number of nitrogens with zero attached hydrogens (tertiary/aromatic N) is 1. The van der Waals surface area contributed by atoms with E-state index in [1.807, 2.05) is 6.92 Å². The van der Waals surface area contributed by atoms with Gasteiger partial charge in [-0.3, -0.25) is 9.78 Å². The molecule has 0 aliphatic carbocycles. The Bertz CT molecular complexity index is 421. The van der Waals surface area contributed by atoms with Gasteiger partial charge in [0.25, 0.3) is 5.91 Å². The van der Waals surface area contributed by atoms with Crippen LogP contribution in [0.2, 0.25) is 0 Å². The first-order valence-electron chi connectivity index (χ1n) is 6.60. The molecule has 1 aromatic heterocycles. The maximum Gasteiger partial charge on any atom is 0.260 e. The Balaban J connectivity index is 2.60. The number of hydrogen-bond acceptors (Lipinski definition) is 4. The van der Waals surface area contributed by atoms with Gasteiger partial charge in [-0.15, -0.1) is 0 Å². The van der Waals surface area contributed by atoms with Crippen molar-refractivity contribution in [3.63, 3.8) is 0 Å². The molecule has 0 saturated heterocycles. The zero-order valence-corrected chi connectivity index (χ0v) is 11.8. The Labute approximate surface area is 114 Å². The molecule has 19 heavy (non-hydrogen) atoms. The summed E-state index contributed by atoms with van der Waals surface area (Å²) in [6, 6.07) is 3.51. The van der Waals surface area contributed by atoms with Crippen LogP contribution in [-0.4, -0.2) is 28.6 Å². The van der Waals surface area contributed by atoms with Gasteiger partial charge in [0, 0.05) is 12.2 Å². The van der Waals surface area contributed by atoms with Crippen molar-refractivity contribution in [3.8, 4) is 5.75 Å². The molecule has 1 unspecified atom stereocenters. The van der Waals surface area contributed by atoms with E-state index in [-0.39, 0.29) is 12.5 Å². The second kappa shape index (κ2) is 7.74. The van der Waals surface area contributed by atoms with E-state index < -0.39 is 6.10 Å². The number of aliphatic hydroxyl groups is 1. The lowest BCUT2D eigenvalue weighted by Gasteiger charge is -2.16. The van der Waals surface area contributed by atoms with Crippen molar-refractivity contribution in [1.82, 2.24) is 10.3 Å². The number of rotatable bonds is 7. The minimum absolute atomic E-state index is 0.155. The number of carbonyl (C=O) groups is 1. The van der Waals surface area contributed by atoms with Crippen LogP contribution in [0.15, 0.2) is 12.1 Å². The Morgan fingerprint density at radius 1 is 1.53 bits per heavy atom. The highest BCUT2D eigenvalue weighted by Crippen LogP contribution is 2.18. The zero-order valence-electron chi connectivity index (χ0n) is 11.8. The fraction of sp³-hybridized carbons (Fsp3) is 0.571. The average Bonchev–Trinajstić information content (AvgIpc) is 2.40. The molecular weight excluding hydrogens is 244 g/mol. The van der Waals surface area contributed by atoms with Gasteiger partial charge in [-0.25, -0.2) is 0 Å². The van der Waals surface area contributed by atoms with Crippen LogP contribution in [0.1, 0.15) is 38.1 Å². The molecule has 1 atom stereocenters. The lowest BCUT2D eigenvalue weighted by molar-refractivity contribution is -0.127. The highest BCUT2D eigenvalue weighted by atomic mass is 16.5. The second-order valence-electron chi connectivity index (χ2n) is 4.46. The van der Waals surface area contributed by atoms with Gasteiger partial charge >= 0.3 is 0 Å². The van der Waals surface area contributed by atoms with Crippen LogP contribution in [0.3, 0.4) is 0 Å². The summed E-state index contributed by atoms with van der Waals surface area (Å²) in [6.07, 6.45) is 1.38. The number of ether oxygens (including phenoxy) is 1. The molecule has 0 spiro atoms. The molecule has 106 valence electrons. The summed E-state index contributed by atoms with van der Waals surface area (Å²) >= 11 is 0. The summed E-state index contributed by atoms with van der Waals surface area (Å²) in [5.74, 6) is 0.296. The summed E-state index contributed by atoms with van der Waals surface area (Å²) in [5.41, 5.74) is 1.25. The largest absolute Gasteiger partial charge is 0.479 e. The van der Waals surface area contributed by atoms with Crippen molar-refractivity contribution in [1.29, 1.82) is 0 Å². The standard InChI is InChI=1S/C14H22N2O3/c1-4-5-8-15-14(18)11(3)19-13-7-6-10(2)16-12(13)9-17/h6-7,11,17H,4-5,8-9H2,1-3H3,(H,15,18). The van der Waals surface area contributed by atoms with Crippen molar-refractivity contribution in [2.45, 2.75) is 46.3 Å². The highest BCUT2D eigenvalue weighted by Gasteiger charge is 2.16. The van der Waals surface area contributed by atoms with Crippen LogP contribution >= 0.6 is 0 Å². The zero-order chi connectivity index (χ0) is 14.3. The van der Waals surface area contributed by atoms with Crippen molar-refractivity contribution in [3.05, 3.63) is 23.5 Å². The van der Waals surface area contributed by atoms with Crippen LogP contribution in [0.5, 0.6) is 5.75 Å². The van der Waals surface area contributed by atoms with E-state index in [1.54, 1.807) is 19.1 Å². The highest BCUT2D eigenvalue weighted by molar-refractivity contribution is 5.80. The predicted octanol–water partition coefficient (Wildman–Crippen LogP) is 1.57. The Kier molecular flexibility index (Phi) is 6.29. The number of unbranched alkanes of at least 4 members (excludes halogenated alkanes) is 1. The average molecular weight is 266 g/mol. The summed E-state index contributed by atoms with van der Waals surface area (Å²) in [5, 5.41) is 12.0. The topological polar surface area (TPSA) is 71.5 Å². The maximum atomic E-state index is 11.8. The van der Waals surface area contributed by atoms with Crippen LogP contribution in [0, 0.1) is 6.92 Å². The molecule has 1 amide bonds. The van der Waals surface area contributed by atoms with Crippen molar-refractivity contribution in [2.24, 2.45) is 0 Å². The van der Waals surface area contributed by atoms with Crippen molar-refractivity contribution < 1.29 is 14.6 Å². The van der Waals surface area contributed by atoms with Gasteiger partial charge in [0.2, 0.25) is 0 Å². The SMILES string of the molecule is CCCCNC(=O)C(C)Oc1ccc(C)nc1CO. The van der Waals surface area contributed by atoms with Gasteiger partial charge in [-0.05, 0) is 32.4 Å². The lowest BCUT2D eigenvalue weighted by Crippen LogP contribution is -2.37. The molecule has 0 fully saturated rings. The molecule has 2 N–H and O–H groups in total. The van der Waals surface area contributed by atoms with Gasteiger partial charge in [0.1, 0.15) is 11.4 Å². The van der Waals surface area contributed by atoms with Gasteiger partial charge in [0.05, 0.1) is 6.61 Å². The predicted molar refractivity (Wildman–Crippen MR) is 72.9 cm³/mol. The first kappa shape index (κ1) is 15.4.